The summed E-state index contributed by atoms with van der Waals surface area (Å²) in [6.07, 6.45) is 5.38. The molecule has 0 aliphatic rings. The van der Waals surface area contributed by atoms with Crippen molar-refractivity contribution in [2.45, 2.75) is 31.9 Å². The van der Waals surface area contributed by atoms with Gasteiger partial charge in [-0.05, 0) is 55.0 Å². The Balaban J connectivity index is 0.000000179. The van der Waals surface area contributed by atoms with Gasteiger partial charge in [-0.1, -0.05) is 30.3 Å². The fourth-order valence-electron chi connectivity index (χ4n) is 3.00. The van der Waals surface area contributed by atoms with Crippen LogP contribution in [0.5, 0.6) is 0 Å². The van der Waals surface area contributed by atoms with Crippen LogP contribution in [0.25, 0.3) is 0 Å². The van der Waals surface area contributed by atoms with Gasteiger partial charge in [0.1, 0.15) is 5.82 Å². The maximum Gasteiger partial charge on any atom is 0.416 e. The molecule has 4 rings (SSSR count). The van der Waals surface area contributed by atoms with Crippen LogP contribution >= 0.6 is 0 Å². The van der Waals surface area contributed by atoms with Gasteiger partial charge in [-0.3, -0.25) is 0 Å². The zero-order valence-corrected chi connectivity index (χ0v) is 16.7. The van der Waals surface area contributed by atoms with Gasteiger partial charge < -0.3 is 9.97 Å². The van der Waals surface area contributed by atoms with Gasteiger partial charge in [0, 0.05) is 12.4 Å². The van der Waals surface area contributed by atoms with Gasteiger partial charge in [-0.2, -0.15) is 13.2 Å². The highest BCUT2D eigenvalue weighted by molar-refractivity contribution is 5.26. The van der Waals surface area contributed by atoms with E-state index >= 15 is 0 Å². The van der Waals surface area contributed by atoms with Crippen LogP contribution in [-0.2, 0) is 31.9 Å². The molecule has 0 atom stereocenters. The van der Waals surface area contributed by atoms with E-state index in [9.17, 15) is 17.6 Å². The van der Waals surface area contributed by atoms with Crippen molar-refractivity contribution in [3.8, 4) is 0 Å². The molecular weight excluding hydrogens is 408 g/mol. The van der Waals surface area contributed by atoms with Crippen LogP contribution in [0.2, 0.25) is 0 Å². The molecule has 0 unspecified atom stereocenters. The third kappa shape index (κ3) is 7.40. The lowest BCUT2D eigenvalue weighted by Gasteiger charge is -2.08. The number of aromatic amines is 2. The largest absolute Gasteiger partial charge is 0.416 e. The molecule has 8 heteroatoms. The molecule has 4 nitrogen and oxygen atoms in total. The van der Waals surface area contributed by atoms with Crippen LogP contribution in [0, 0.1) is 5.82 Å². The molecule has 2 N–H and O–H groups in total. The summed E-state index contributed by atoms with van der Waals surface area (Å²) in [6.45, 7) is 0. The fourth-order valence-corrected chi connectivity index (χ4v) is 3.00. The number of nitrogens with one attached hydrogen (secondary N) is 2. The minimum Gasteiger partial charge on any atom is -0.351 e. The Morgan fingerprint density at radius 2 is 1.26 bits per heavy atom. The predicted molar refractivity (Wildman–Crippen MR) is 110 cm³/mol. The van der Waals surface area contributed by atoms with Gasteiger partial charge in [0.25, 0.3) is 0 Å². The number of alkyl halides is 3. The summed E-state index contributed by atoms with van der Waals surface area (Å²) in [5.74, 6) is -0.176. The van der Waals surface area contributed by atoms with Crippen molar-refractivity contribution in [2.75, 3.05) is 0 Å². The third-order valence-corrected chi connectivity index (χ3v) is 4.59. The van der Waals surface area contributed by atoms with Gasteiger partial charge in [0.2, 0.25) is 0 Å². The van der Waals surface area contributed by atoms with E-state index in [4.69, 9.17) is 0 Å². The smallest absolute Gasteiger partial charge is 0.351 e. The predicted octanol–water partition coefficient (Wildman–Crippen LogP) is 5.55. The number of hydrogen-bond donors (Lipinski definition) is 2. The van der Waals surface area contributed by atoms with E-state index in [1.54, 1.807) is 37.1 Å². The van der Waals surface area contributed by atoms with Crippen LogP contribution in [0.1, 0.15) is 28.1 Å². The molecule has 0 aliphatic carbocycles. The number of H-pyrrole nitrogens is 2. The average molecular weight is 430 g/mol. The van der Waals surface area contributed by atoms with Crippen LogP contribution in [0.15, 0.2) is 73.6 Å². The van der Waals surface area contributed by atoms with E-state index in [2.05, 4.69) is 19.9 Å². The molecular formula is C23H22F4N4. The quantitative estimate of drug-likeness (QED) is 0.394. The summed E-state index contributed by atoms with van der Waals surface area (Å²) < 4.78 is 50.2. The molecule has 2 aromatic heterocycles. The van der Waals surface area contributed by atoms with E-state index in [0.717, 1.165) is 35.9 Å². The SMILES string of the molecule is FC(F)(F)c1cccc(CCc2c[nH]cn2)c1.Fc1cccc(CCc2c[nH]cn2)c1. The van der Waals surface area contributed by atoms with Crippen molar-refractivity contribution in [1.29, 1.82) is 0 Å². The Morgan fingerprint density at radius 1 is 0.710 bits per heavy atom. The minimum atomic E-state index is -4.28. The van der Waals surface area contributed by atoms with Crippen molar-refractivity contribution in [1.82, 2.24) is 19.9 Å². The number of imidazole rings is 2. The van der Waals surface area contributed by atoms with Gasteiger partial charge >= 0.3 is 6.18 Å². The highest BCUT2D eigenvalue weighted by Gasteiger charge is 2.30. The zero-order chi connectivity index (χ0) is 22.1. The number of nitrogens with zero attached hydrogens (tertiary/aromatic N) is 2. The molecule has 0 aliphatic heterocycles. The van der Waals surface area contributed by atoms with Crippen molar-refractivity contribution < 1.29 is 17.6 Å². The second-order valence-electron chi connectivity index (χ2n) is 6.95. The molecule has 162 valence electrons. The summed E-state index contributed by atoms with van der Waals surface area (Å²) >= 11 is 0. The average Bonchev–Trinajstić information content (AvgIpc) is 3.45. The molecule has 0 bridgehead atoms. The highest BCUT2D eigenvalue weighted by Crippen LogP contribution is 2.29. The number of halogens is 4. The number of aryl methyl sites for hydroxylation is 4. The van der Waals surface area contributed by atoms with E-state index in [1.165, 1.54) is 18.2 Å². The summed E-state index contributed by atoms with van der Waals surface area (Å²) in [6, 6.07) is 12.1. The number of hydrogen-bond acceptors (Lipinski definition) is 2. The van der Waals surface area contributed by atoms with E-state index in [0.29, 0.717) is 18.4 Å². The third-order valence-electron chi connectivity index (χ3n) is 4.59. The first-order valence-corrected chi connectivity index (χ1v) is 9.76. The van der Waals surface area contributed by atoms with E-state index in [1.807, 2.05) is 12.3 Å². The lowest BCUT2D eigenvalue weighted by molar-refractivity contribution is -0.137. The molecule has 2 aromatic carbocycles. The van der Waals surface area contributed by atoms with Gasteiger partial charge in [0.05, 0.1) is 29.6 Å². The second kappa shape index (κ2) is 10.6. The molecule has 0 radical (unpaired) electrons. The highest BCUT2D eigenvalue weighted by atomic mass is 19.4. The van der Waals surface area contributed by atoms with Crippen LogP contribution in [0.4, 0.5) is 17.6 Å². The Labute approximate surface area is 177 Å². The normalized spacial score (nSPS) is 11.1. The molecule has 0 saturated heterocycles. The topological polar surface area (TPSA) is 57.4 Å². The Hall–Kier alpha value is -3.42. The van der Waals surface area contributed by atoms with Crippen LogP contribution in [0.3, 0.4) is 0 Å². The number of aromatic nitrogens is 4. The van der Waals surface area contributed by atoms with Gasteiger partial charge in [-0.25, -0.2) is 14.4 Å². The monoisotopic (exact) mass is 430 g/mol. The number of rotatable bonds is 6. The van der Waals surface area contributed by atoms with Crippen molar-refractivity contribution >= 4 is 0 Å². The lowest BCUT2D eigenvalue weighted by Crippen LogP contribution is -2.05. The molecule has 0 saturated carbocycles. The molecule has 0 amide bonds. The van der Waals surface area contributed by atoms with Crippen LogP contribution < -0.4 is 0 Å². The first-order valence-electron chi connectivity index (χ1n) is 9.76. The summed E-state index contributed by atoms with van der Waals surface area (Å²) in [5.41, 5.74) is 2.93. The molecule has 0 fully saturated rings. The summed E-state index contributed by atoms with van der Waals surface area (Å²) in [4.78, 5) is 13.8. The van der Waals surface area contributed by atoms with Crippen molar-refractivity contribution in [2.24, 2.45) is 0 Å². The Morgan fingerprint density at radius 3 is 1.74 bits per heavy atom. The van der Waals surface area contributed by atoms with E-state index in [-0.39, 0.29) is 5.82 Å². The van der Waals surface area contributed by atoms with Crippen LogP contribution in [-0.4, -0.2) is 19.9 Å². The molecule has 2 heterocycles. The summed E-state index contributed by atoms with van der Waals surface area (Å²) in [5, 5.41) is 0. The maximum absolute atomic E-state index is 12.8. The first-order chi connectivity index (χ1) is 14.9. The Kier molecular flexibility index (Phi) is 7.59. The van der Waals surface area contributed by atoms with Gasteiger partial charge in [0.15, 0.2) is 0 Å². The maximum atomic E-state index is 12.8. The Bertz CT molecular complexity index is 1040. The van der Waals surface area contributed by atoms with E-state index < -0.39 is 11.7 Å². The molecule has 31 heavy (non-hydrogen) atoms. The molecule has 4 aromatic rings. The lowest BCUT2D eigenvalue weighted by atomic mass is 10.1. The standard InChI is InChI=1S/C12H11F3N2.C11H11FN2/c13-12(14,15)10-3-1-2-9(6-10)4-5-11-7-16-8-17-11;12-10-3-1-2-9(6-10)4-5-11-7-13-8-14-11/h1-3,6-8H,4-5H2,(H,16,17);1-3,6-8H,4-5H2,(H,13,14). The second-order valence-corrected chi connectivity index (χ2v) is 6.95. The molecule has 0 spiro atoms. The first kappa shape index (κ1) is 22.3. The van der Waals surface area contributed by atoms with Gasteiger partial charge in [-0.15, -0.1) is 0 Å². The zero-order valence-electron chi connectivity index (χ0n) is 16.7. The van der Waals surface area contributed by atoms with Crippen molar-refractivity contribution in [3.05, 3.63) is 107 Å². The number of benzene rings is 2. The summed E-state index contributed by atoms with van der Waals surface area (Å²) in [7, 11) is 0. The fraction of sp³-hybridized carbons (Fsp3) is 0.217. The minimum absolute atomic E-state index is 0.176. The van der Waals surface area contributed by atoms with Crippen molar-refractivity contribution in [3.63, 3.8) is 0 Å².